The fourth-order valence-corrected chi connectivity index (χ4v) is 3.81. The number of halogens is 1. The SMILES string of the molecule is O=C(NCCN1CCOCC1)c1ccc2nn(CCCc3ccc(Cl)cc3)cc2c1. The number of aromatic nitrogens is 2. The molecule has 0 aliphatic carbocycles. The molecule has 1 amide bonds. The average molecular weight is 427 g/mol. The van der Waals surface area contributed by atoms with E-state index in [1.807, 2.05) is 41.2 Å². The summed E-state index contributed by atoms with van der Waals surface area (Å²) in [5.74, 6) is -0.0411. The molecule has 7 heteroatoms. The van der Waals surface area contributed by atoms with Crippen LogP contribution in [0.2, 0.25) is 5.02 Å². The summed E-state index contributed by atoms with van der Waals surface area (Å²) >= 11 is 5.94. The van der Waals surface area contributed by atoms with E-state index in [0.29, 0.717) is 12.1 Å². The van der Waals surface area contributed by atoms with Gasteiger partial charge in [-0.05, 0) is 48.7 Å². The van der Waals surface area contributed by atoms with E-state index in [1.165, 1.54) is 5.56 Å². The minimum atomic E-state index is -0.0411. The number of amides is 1. The van der Waals surface area contributed by atoms with Crippen LogP contribution < -0.4 is 5.32 Å². The number of fused-ring (bicyclic) bond motifs is 1. The molecule has 0 bridgehead atoms. The van der Waals surface area contributed by atoms with E-state index < -0.39 is 0 Å². The summed E-state index contributed by atoms with van der Waals surface area (Å²) in [5, 5.41) is 9.39. The molecule has 0 atom stereocenters. The van der Waals surface area contributed by atoms with E-state index >= 15 is 0 Å². The van der Waals surface area contributed by atoms with Crippen molar-refractivity contribution in [1.82, 2.24) is 20.0 Å². The third kappa shape index (κ3) is 5.59. The molecule has 1 aliphatic heterocycles. The van der Waals surface area contributed by atoms with Gasteiger partial charge in [0.15, 0.2) is 0 Å². The van der Waals surface area contributed by atoms with Crippen molar-refractivity contribution in [2.45, 2.75) is 19.4 Å². The first-order valence-electron chi connectivity index (χ1n) is 10.5. The Morgan fingerprint density at radius 1 is 1.10 bits per heavy atom. The molecule has 0 radical (unpaired) electrons. The lowest BCUT2D eigenvalue weighted by Gasteiger charge is -2.26. The van der Waals surface area contributed by atoms with Gasteiger partial charge in [-0.3, -0.25) is 14.4 Å². The molecule has 1 aromatic heterocycles. The van der Waals surface area contributed by atoms with Crippen molar-refractivity contribution in [3.8, 4) is 0 Å². The van der Waals surface area contributed by atoms with Crippen molar-refractivity contribution in [2.75, 3.05) is 39.4 Å². The summed E-state index contributed by atoms with van der Waals surface area (Å²) < 4.78 is 7.31. The zero-order chi connectivity index (χ0) is 20.8. The van der Waals surface area contributed by atoms with Crippen molar-refractivity contribution >= 4 is 28.4 Å². The zero-order valence-corrected chi connectivity index (χ0v) is 17.8. The second-order valence-electron chi connectivity index (χ2n) is 7.61. The lowest BCUT2D eigenvalue weighted by Crippen LogP contribution is -2.41. The highest BCUT2D eigenvalue weighted by Crippen LogP contribution is 2.16. The van der Waals surface area contributed by atoms with Gasteiger partial charge in [-0.25, -0.2) is 0 Å². The number of hydrogen-bond acceptors (Lipinski definition) is 4. The van der Waals surface area contributed by atoms with Crippen LogP contribution in [0.4, 0.5) is 0 Å². The van der Waals surface area contributed by atoms with Crippen LogP contribution in [0.1, 0.15) is 22.3 Å². The zero-order valence-electron chi connectivity index (χ0n) is 17.0. The van der Waals surface area contributed by atoms with E-state index in [1.54, 1.807) is 0 Å². The summed E-state index contributed by atoms with van der Waals surface area (Å²) in [6, 6.07) is 13.7. The van der Waals surface area contributed by atoms with Crippen LogP contribution in [0.25, 0.3) is 10.9 Å². The summed E-state index contributed by atoms with van der Waals surface area (Å²) in [7, 11) is 0. The summed E-state index contributed by atoms with van der Waals surface area (Å²) in [4.78, 5) is 14.8. The standard InChI is InChI=1S/C23H27ClN4O2/c24-21-6-3-18(4-7-21)2-1-10-28-17-20-16-19(5-8-22(20)26-28)23(29)25-9-11-27-12-14-30-15-13-27/h3-8,16-17H,1-2,9-15H2,(H,25,29). The lowest BCUT2D eigenvalue weighted by atomic mass is 10.1. The third-order valence-electron chi connectivity index (χ3n) is 5.40. The quantitative estimate of drug-likeness (QED) is 0.599. The summed E-state index contributed by atoms with van der Waals surface area (Å²) in [6.45, 7) is 5.72. The van der Waals surface area contributed by atoms with E-state index in [-0.39, 0.29) is 5.91 Å². The molecule has 30 heavy (non-hydrogen) atoms. The highest BCUT2D eigenvalue weighted by atomic mass is 35.5. The summed E-state index contributed by atoms with van der Waals surface area (Å²) in [5.41, 5.74) is 2.85. The summed E-state index contributed by atoms with van der Waals surface area (Å²) in [6.07, 6.45) is 3.98. The molecule has 2 heterocycles. The molecule has 3 aromatic rings. The number of nitrogens with zero attached hydrogens (tertiary/aromatic N) is 3. The van der Waals surface area contributed by atoms with Crippen LogP contribution in [-0.2, 0) is 17.7 Å². The molecule has 4 rings (SSSR count). The molecular formula is C23H27ClN4O2. The van der Waals surface area contributed by atoms with Gasteiger partial charge in [0.25, 0.3) is 5.91 Å². The fourth-order valence-electron chi connectivity index (χ4n) is 3.68. The molecule has 2 aromatic carbocycles. The van der Waals surface area contributed by atoms with Crippen LogP contribution in [-0.4, -0.2) is 60.0 Å². The number of morpholine rings is 1. The minimum Gasteiger partial charge on any atom is -0.379 e. The predicted octanol–water partition coefficient (Wildman–Crippen LogP) is 3.38. The molecule has 6 nitrogen and oxygen atoms in total. The Morgan fingerprint density at radius 2 is 1.90 bits per heavy atom. The van der Waals surface area contributed by atoms with Gasteiger partial charge in [0.2, 0.25) is 0 Å². The van der Waals surface area contributed by atoms with Gasteiger partial charge >= 0.3 is 0 Å². The number of hydrogen-bond donors (Lipinski definition) is 1. The van der Waals surface area contributed by atoms with Gasteiger partial charge in [0.05, 0.1) is 18.7 Å². The molecule has 1 fully saturated rings. The normalized spacial score (nSPS) is 14.8. The Bertz CT molecular complexity index is 981. The maximum atomic E-state index is 12.5. The molecule has 0 unspecified atom stereocenters. The van der Waals surface area contributed by atoms with Crippen LogP contribution >= 0.6 is 11.6 Å². The van der Waals surface area contributed by atoms with Crippen molar-refractivity contribution < 1.29 is 9.53 Å². The second kappa shape index (κ2) is 10.1. The van der Waals surface area contributed by atoms with Gasteiger partial charge in [0.1, 0.15) is 0 Å². The van der Waals surface area contributed by atoms with Gasteiger partial charge in [0, 0.05) is 54.9 Å². The third-order valence-corrected chi connectivity index (χ3v) is 5.65. The lowest BCUT2D eigenvalue weighted by molar-refractivity contribution is 0.0383. The second-order valence-corrected chi connectivity index (χ2v) is 8.04. The number of carbonyl (C=O) groups is 1. The molecule has 1 saturated heterocycles. The van der Waals surface area contributed by atoms with Crippen molar-refractivity contribution in [1.29, 1.82) is 0 Å². The smallest absolute Gasteiger partial charge is 0.251 e. The van der Waals surface area contributed by atoms with Crippen LogP contribution in [0, 0.1) is 0 Å². The van der Waals surface area contributed by atoms with Crippen LogP contribution in [0.3, 0.4) is 0 Å². The molecule has 0 saturated carbocycles. The molecule has 158 valence electrons. The predicted molar refractivity (Wildman–Crippen MR) is 119 cm³/mol. The Labute approximate surface area is 181 Å². The first-order chi connectivity index (χ1) is 14.7. The van der Waals surface area contributed by atoms with E-state index in [0.717, 1.165) is 68.2 Å². The monoisotopic (exact) mass is 426 g/mol. The van der Waals surface area contributed by atoms with Gasteiger partial charge < -0.3 is 10.1 Å². The maximum Gasteiger partial charge on any atom is 0.251 e. The molecule has 1 aliphatic rings. The van der Waals surface area contributed by atoms with Crippen LogP contribution in [0.15, 0.2) is 48.7 Å². The van der Waals surface area contributed by atoms with E-state index in [4.69, 9.17) is 16.3 Å². The number of benzene rings is 2. The van der Waals surface area contributed by atoms with E-state index in [9.17, 15) is 4.79 Å². The van der Waals surface area contributed by atoms with Crippen molar-refractivity contribution in [2.24, 2.45) is 0 Å². The highest BCUT2D eigenvalue weighted by molar-refractivity contribution is 6.30. The largest absolute Gasteiger partial charge is 0.379 e. The number of ether oxygens (including phenoxy) is 1. The first kappa shape index (κ1) is 20.8. The number of nitrogens with one attached hydrogen (secondary N) is 1. The Morgan fingerprint density at radius 3 is 2.70 bits per heavy atom. The Balaban J connectivity index is 1.29. The Kier molecular flexibility index (Phi) is 7.00. The average Bonchev–Trinajstić information content (AvgIpc) is 3.18. The molecule has 1 N–H and O–H groups in total. The number of rotatable bonds is 8. The minimum absolute atomic E-state index is 0.0411. The number of aryl methyl sites for hydroxylation is 2. The van der Waals surface area contributed by atoms with Gasteiger partial charge in [-0.2, -0.15) is 5.10 Å². The van der Waals surface area contributed by atoms with Crippen molar-refractivity contribution in [3.63, 3.8) is 0 Å². The molecular weight excluding hydrogens is 400 g/mol. The maximum absolute atomic E-state index is 12.5. The van der Waals surface area contributed by atoms with Gasteiger partial charge in [-0.15, -0.1) is 0 Å². The molecule has 0 spiro atoms. The first-order valence-corrected chi connectivity index (χ1v) is 10.9. The van der Waals surface area contributed by atoms with E-state index in [2.05, 4.69) is 27.4 Å². The topological polar surface area (TPSA) is 59.4 Å². The number of carbonyl (C=O) groups excluding carboxylic acids is 1. The Hall–Kier alpha value is -2.41. The fraction of sp³-hybridized carbons (Fsp3) is 0.391. The van der Waals surface area contributed by atoms with Crippen molar-refractivity contribution in [3.05, 3.63) is 64.8 Å². The van der Waals surface area contributed by atoms with Gasteiger partial charge in [-0.1, -0.05) is 23.7 Å². The highest BCUT2D eigenvalue weighted by Gasteiger charge is 2.12. The van der Waals surface area contributed by atoms with Crippen LogP contribution in [0.5, 0.6) is 0 Å².